The second-order valence-electron chi connectivity index (χ2n) is 1.43. The Labute approximate surface area is 59.3 Å². The van der Waals surface area contributed by atoms with E-state index in [0.29, 0.717) is 0 Å². The lowest BCUT2D eigenvalue weighted by molar-refractivity contribution is 0.217. The van der Waals surface area contributed by atoms with Gasteiger partial charge in [0.2, 0.25) is 0 Å². The maximum Gasteiger partial charge on any atom is 0.325 e. The molecule has 4 amide bonds. The van der Waals surface area contributed by atoms with Crippen LogP contribution in [0.1, 0.15) is 0 Å². The molecule has 0 atom stereocenters. The Morgan fingerprint density at radius 2 is 1.67 bits per heavy atom. The molecule has 3 N–H and O–H groups in total. The van der Waals surface area contributed by atoms with Crippen molar-refractivity contribution in [2.24, 2.45) is 0 Å². The summed E-state index contributed by atoms with van der Waals surface area (Å²) in [7, 11) is 0. The lowest BCUT2D eigenvalue weighted by Crippen LogP contribution is -2.59. The van der Waals surface area contributed by atoms with Crippen LogP contribution in [0, 0.1) is 0 Å². The Balaban J connectivity index is 2.53. The van der Waals surface area contributed by atoms with Crippen molar-refractivity contribution in [1.82, 2.24) is 16.0 Å². The lowest BCUT2D eigenvalue weighted by Gasteiger charge is -2.19. The van der Waals surface area contributed by atoms with Gasteiger partial charge in [-0.3, -0.25) is 5.32 Å². The minimum atomic E-state index is -0.499. The summed E-state index contributed by atoms with van der Waals surface area (Å²) < 4.78 is 0. The molecule has 1 rings (SSSR count). The molecule has 1 saturated heterocycles. The average molecular weight is 194 g/mol. The summed E-state index contributed by atoms with van der Waals surface area (Å²) in [6, 6.07) is -0.999. The summed E-state index contributed by atoms with van der Waals surface area (Å²) in [4.78, 5) is 20.7. The summed E-state index contributed by atoms with van der Waals surface area (Å²) in [6.45, 7) is 0. The number of carbonyl (C=O) groups excluding carboxylic acids is 2. The van der Waals surface area contributed by atoms with E-state index >= 15 is 0 Å². The van der Waals surface area contributed by atoms with Crippen molar-refractivity contribution in [2.75, 3.05) is 0 Å². The molecule has 1 heterocycles. The Morgan fingerprint density at radius 3 is 2.00 bits per heavy atom. The zero-order valence-corrected chi connectivity index (χ0v) is 5.86. The number of hydrogen-bond acceptors (Lipinski definition) is 2. The van der Waals surface area contributed by atoms with Crippen molar-refractivity contribution < 1.29 is 9.59 Å². The highest BCUT2D eigenvalue weighted by Gasteiger charge is 2.18. The zero-order valence-electron chi connectivity index (χ0n) is 4.27. The molecule has 0 aliphatic carbocycles. The number of alkyl halides is 1. The summed E-state index contributed by atoms with van der Waals surface area (Å²) in [5.41, 5.74) is 0. The van der Waals surface area contributed by atoms with E-state index in [1.807, 2.05) is 5.32 Å². The van der Waals surface area contributed by atoms with Crippen LogP contribution in [0.5, 0.6) is 0 Å². The third-order valence-electron chi connectivity index (χ3n) is 0.743. The van der Waals surface area contributed by atoms with Crippen molar-refractivity contribution in [3.63, 3.8) is 0 Å². The summed E-state index contributed by atoms with van der Waals surface area (Å²) in [6.07, 6.45) is 0. The van der Waals surface area contributed by atoms with Gasteiger partial charge in [-0.05, 0) is 15.9 Å². The monoisotopic (exact) mass is 193 g/mol. The lowest BCUT2D eigenvalue weighted by atomic mass is 10.7. The standard InChI is InChI=1S/C3H4BrN3O2/c4-1-5-2(8)7-3(9)6-1/h1H,(H3,5,6,7,8,9). The Hall–Kier alpha value is -0.780. The Kier molecular flexibility index (Phi) is 1.56. The first-order chi connectivity index (χ1) is 4.18. The predicted octanol–water partition coefficient (Wildman–Crippen LogP) is -0.313. The average Bonchev–Trinajstić information content (AvgIpc) is 1.59. The molecule has 0 bridgehead atoms. The van der Waals surface area contributed by atoms with Crippen LogP contribution in [-0.2, 0) is 0 Å². The van der Waals surface area contributed by atoms with E-state index < -0.39 is 17.1 Å². The molecule has 6 heteroatoms. The van der Waals surface area contributed by atoms with Crippen molar-refractivity contribution in [1.29, 1.82) is 0 Å². The first-order valence-corrected chi connectivity index (χ1v) is 3.12. The van der Waals surface area contributed by atoms with Crippen molar-refractivity contribution in [3.05, 3.63) is 0 Å². The fourth-order valence-corrected chi connectivity index (χ4v) is 0.857. The van der Waals surface area contributed by atoms with Gasteiger partial charge >= 0.3 is 12.1 Å². The van der Waals surface area contributed by atoms with Crippen LogP contribution in [0.15, 0.2) is 0 Å². The van der Waals surface area contributed by atoms with Crippen LogP contribution in [0.4, 0.5) is 9.59 Å². The van der Waals surface area contributed by atoms with E-state index in [2.05, 4.69) is 26.6 Å². The Bertz CT molecular complexity index is 143. The van der Waals surface area contributed by atoms with E-state index in [1.165, 1.54) is 0 Å². The number of imide groups is 1. The normalized spacial score (nSPS) is 20.1. The number of halogens is 1. The van der Waals surface area contributed by atoms with Crippen LogP contribution >= 0.6 is 15.9 Å². The fraction of sp³-hybridized carbons (Fsp3) is 0.333. The van der Waals surface area contributed by atoms with Gasteiger partial charge in [-0.2, -0.15) is 0 Å². The highest BCUT2D eigenvalue weighted by atomic mass is 79.9. The Morgan fingerprint density at radius 1 is 1.22 bits per heavy atom. The van der Waals surface area contributed by atoms with Crippen molar-refractivity contribution in [3.8, 4) is 0 Å². The highest BCUT2D eigenvalue weighted by molar-refractivity contribution is 9.09. The molecule has 0 spiro atoms. The van der Waals surface area contributed by atoms with Gasteiger partial charge < -0.3 is 10.6 Å². The number of hydrogen-bond donors (Lipinski definition) is 3. The van der Waals surface area contributed by atoms with E-state index in [9.17, 15) is 9.59 Å². The largest absolute Gasteiger partial charge is 0.325 e. The molecule has 5 nitrogen and oxygen atoms in total. The van der Waals surface area contributed by atoms with Crippen LogP contribution < -0.4 is 16.0 Å². The molecule has 50 valence electrons. The number of rotatable bonds is 0. The first kappa shape index (κ1) is 6.34. The van der Waals surface area contributed by atoms with Gasteiger partial charge in [0.15, 0.2) is 5.08 Å². The van der Waals surface area contributed by atoms with Gasteiger partial charge in [0, 0.05) is 0 Å². The zero-order chi connectivity index (χ0) is 6.85. The van der Waals surface area contributed by atoms with Gasteiger partial charge in [-0.1, -0.05) is 0 Å². The van der Waals surface area contributed by atoms with Gasteiger partial charge in [-0.25, -0.2) is 9.59 Å². The van der Waals surface area contributed by atoms with Gasteiger partial charge in [0.05, 0.1) is 0 Å². The molecule has 0 aromatic heterocycles. The van der Waals surface area contributed by atoms with Gasteiger partial charge in [0.1, 0.15) is 0 Å². The third-order valence-corrected chi connectivity index (χ3v) is 1.20. The number of amides is 4. The molecular weight excluding hydrogens is 190 g/mol. The van der Waals surface area contributed by atoms with Crippen LogP contribution in [0.25, 0.3) is 0 Å². The quantitative estimate of drug-likeness (QED) is 0.365. The van der Waals surface area contributed by atoms with Crippen molar-refractivity contribution >= 4 is 28.0 Å². The molecule has 0 aromatic rings. The second kappa shape index (κ2) is 2.22. The molecular formula is C3H4BrN3O2. The van der Waals surface area contributed by atoms with Crippen molar-refractivity contribution in [2.45, 2.75) is 5.08 Å². The van der Waals surface area contributed by atoms with Crippen LogP contribution in [0.2, 0.25) is 0 Å². The number of carbonyl (C=O) groups is 2. The minimum Gasteiger partial charge on any atom is -0.308 e. The third kappa shape index (κ3) is 1.56. The second-order valence-corrected chi connectivity index (χ2v) is 2.35. The SMILES string of the molecule is O=C1NC(=O)NC(Br)N1. The van der Waals surface area contributed by atoms with E-state index in [4.69, 9.17) is 0 Å². The molecule has 0 radical (unpaired) electrons. The first-order valence-electron chi connectivity index (χ1n) is 2.20. The summed E-state index contributed by atoms with van der Waals surface area (Å²) >= 11 is 2.97. The summed E-state index contributed by atoms with van der Waals surface area (Å²) in [5, 5.41) is 6.21. The maximum absolute atomic E-state index is 10.4. The molecule has 1 fully saturated rings. The fourth-order valence-electron chi connectivity index (χ4n) is 0.442. The molecule has 0 saturated carbocycles. The van der Waals surface area contributed by atoms with E-state index in [0.717, 1.165) is 0 Å². The molecule has 9 heavy (non-hydrogen) atoms. The molecule has 1 aliphatic rings. The van der Waals surface area contributed by atoms with Crippen LogP contribution in [0.3, 0.4) is 0 Å². The molecule has 0 unspecified atom stereocenters. The number of nitrogens with one attached hydrogen (secondary N) is 3. The number of urea groups is 2. The smallest absolute Gasteiger partial charge is 0.308 e. The van der Waals surface area contributed by atoms with Crippen LogP contribution in [-0.4, -0.2) is 17.1 Å². The highest BCUT2D eigenvalue weighted by Crippen LogP contribution is 1.92. The molecule has 0 aromatic carbocycles. The van der Waals surface area contributed by atoms with E-state index in [1.54, 1.807) is 0 Å². The molecule has 1 aliphatic heterocycles. The maximum atomic E-state index is 10.4. The predicted molar refractivity (Wildman–Crippen MR) is 32.9 cm³/mol. The topological polar surface area (TPSA) is 70.2 Å². The van der Waals surface area contributed by atoms with Gasteiger partial charge in [0.25, 0.3) is 0 Å². The van der Waals surface area contributed by atoms with Gasteiger partial charge in [-0.15, -0.1) is 0 Å². The van der Waals surface area contributed by atoms with E-state index in [-0.39, 0.29) is 0 Å². The minimum absolute atomic E-state index is 0.459. The summed E-state index contributed by atoms with van der Waals surface area (Å²) in [5.74, 6) is 0.